The molecule has 4 nitrogen and oxygen atoms in total. The molecule has 1 amide bonds. The van der Waals surface area contributed by atoms with Crippen LogP contribution in [0, 0.1) is 24.2 Å². The summed E-state index contributed by atoms with van der Waals surface area (Å²) in [4.78, 5) is 12.2. The number of nitrogens with one attached hydrogen (secondary N) is 1. The van der Waals surface area contributed by atoms with Crippen LogP contribution in [-0.4, -0.2) is 11.9 Å². The first-order valence-electron chi connectivity index (χ1n) is 6.67. The second-order valence-corrected chi connectivity index (χ2v) is 5.25. The van der Waals surface area contributed by atoms with E-state index in [9.17, 15) is 4.79 Å². The first kappa shape index (κ1) is 13.6. The van der Waals surface area contributed by atoms with Crippen LogP contribution in [0.15, 0.2) is 18.2 Å². The van der Waals surface area contributed by atoms with Gasteiger partial charge in [0.25, 0.3) is 0 Å². The van der Waals surface area contributed by atoms with Crippen LogP contribution in [0.25, 0.3) is 0 Å². The molecular weight excluding hydrogens is 238 g/mol. The number of carbonyl (C=O) groups excluding carboxylic acids is 1. The van der Waals surface area contributed by atoms with Crippen LogP contribution < -0.4 is 11.1 Å². The molecule has 0 heterocycles. The largest absolute Gasteiger partial charge is 0.328 e. The number of carbonyl (C=O) groups is 1. The topological polar surface area (TPSA) is 78.9 Å². The van der Waals surface area contributed by atoms with Gasteiger partial charge in [-0.2, -0.15) is 5.26 Å². The highest BCUT2D eigenvalue weighted by Gasteiger charge is 2.25. The molecule has 1 aliphatic rings. The van der Waals surface area contributed by atoms with Gasteiger partial charge < -0.3 is 11.1 Å². The number of rotatable bonds is 2. The number of nitriles is 1. The lowest BCUT2D eigenvalue weighted by atomic mass is 9.85. The molecule has 0 aromatic heterocycles. The Morgan fingerprint density at radius 3 is 2.95 bits per heavy atom. The smallest absolute Gasteiger partial charge is 0.227 e. The first-order chi connectivity index (χ1) is 9.10. The van der Waals surface area contributed by atoms with Crippen LogP contribution in [0.5, 0.6) is 0 Å². The van der Waals surface area contributed by atoms with Gasteiger partial charge >= 0.3 is 0 Å². The second kappa shape index (κ2) is 5.85. The fraction of sp³-hybridized carbons (Fsp3) is 0.467. The van der Waals surface area contributed by atoms with Gasteiger partial charge in [-0.1, -0.05) is 12.5 Å². The van der Waals surface area contributed by atoms with E-state index in [1.165, 1.54) is 0 Å². The number of benzene rings is 1. The van der Waals surface area contributed by atoms with Gasteiger partial charge in [-0.3, -0.25) is 4.79 Å². The van der Waals surface area contributed by atoms with E-state index in [1.807, 2.05) is 13.0 Å². The average molecular weight is 257 g/mol. The van der Waals surface area contributed by atoms with E-state index < -0.39 is 0 Å². The van der Waals surface area contributed by atoms with Crippen LogP contribution in [0.3, 0.4) is 0 Å². The van der Waals surface area contributed by atoms with E-state index in [4.69, 9.17) is 11.0 Å². The molecule has 19 heavy (non-hydrogen) atoms. The SMILES string of the molecule is Cc1ccc(C#N)cc1NC(=O)C1CCCC(N)C1. The van der Waals surface area contributed by atoms with E-state index in [-0.39, 0.29) is 17.9 Å². The highest BCUT2D eigenvalue weighted by molar-refractivity contribution is 5.93. The summed E-state index contributed by atoms with van der Waals surface area (Å²) >= 11 is 0. The van der Waals surface area contributed by atoms with Crippen molar-refractivity contribution in [1.29, 1.82) is 5.26 Å². The summed E-state index contributed by atoms with van der Waals surface area (Å²) in [5.74, 6) is 0.0160. The van der Waals surface area contributed by atoms with Gasteiger partial charge in [0.1, 0.15) is 0 Å². The Bertz CT molecular complexity index is 519. The van der Waals surface area contributed by atoms with Gasteiger partial charge in [0.15, 0.2) is 0 Å². The number of nitrogens with two attached hydrogens (primary N) is 1. The number of amides is 1. The van der Waals surface area contributed by atoms with Crippen molar-refractivity contribution in [1.82, 2.24) is 0 Å². The van der Waals surface area contributed by atoms with E-state index in [1.54, 1.807) is 12.1 Å². The summed E-state index contributed by atoms with van der Waals surface area (Å²) in [6.45, 7) is 1.92. The van der Waals surface area contributed by atoms with E-state index in [2.05, 4.69) is 11.4 Å². The average Bonchev–Trinajstić information content (AvgIpc) is 2.41. The fourth-order valence-electron chi connectivity index (χ4n) is 2.53. The minimum atomic E-state index is -0.00566. The third-order valence-electron chi connectivity index (χ3n) is 3.71. The quantitative estimate of drug-likeness (QED) is 0.853. The molecule has 1 aliphatic carbocycles. The molecule has 1 saturated carbocycles. The van der Waals surface area contributed by atoms with Crippen LogP contribution in [0.4, 0.5) is 5.69 Å². The van der Waals surface area contributed by atoms with Gasteiger partial charge in [0.2, 0.25) is 5.91 Å². The highest BCUT2D eigenvalue weighted by Crippen LogP contribution is 2.25. The highest BCUT2D eigenvalue weighted by atomic mass is 16.1. The molecule has 0 radical (unpaired) electrons. The Balaban J connectivity index is 2.08. The molecule has 0 saturated heterocycles. The number of hydrogen-bond acceptors (Lipinski definition) is 3. The van der Waals surface area contributed by atoms with Crippen molar-refractivity contribution >= 4 is 11.6 Å². The molecular formula is C15H19N3O. The lowest BCUT2D eigenvalue weighted by molar-refractivity contribution is -0.120. The second-order valence-electron chi connectivity index (χ2n) is 5.25. The molecule has 3 N–H and O–H groups in total. The number of nitrogens with zero attached hydrogens (tertiary/aromatic N) is 1. The van der Waals surface area contributed by atoms with Crippen molar-refractivity contribution in [3.05, 3.63) is 29.3 Å². The zero-order chi connectivity index (χ0) is 13.8. The number of anilines is 1. The number of hydrogen-bond donors (Lipinski definition) is 2. The molecule has 1 fully saturated rings. The summed E-state index contributed by atoms with van der Waals surface area (Å²) in [5, 5.41) is 11.8. The van der Waals surface area contributed by atoms with Crippen molar-refractivity contribution in [2.45, 2.75) is 38.6 Å². The summed E-state index contributed by atoms with van der Waals surface area (Å²) in [7, 11) is 0. The Morgan fingerprint density at radius 2 is 2.26 bits per heavy atom. The van der Waals surface area contributed by atoms with E-state index in [0.29, 0.717) is 5.56 Å². The van der Waals surface area contributed by atoms with Crippen LogP contribution >= 0.6 is 0 Å². The van der Waals surface area contributed by atoms with Crippen molar-refractivity contribution in [2.24, 2.45) is 11.7 Å². The summed E-state index contributed by atoms with van der Waals surface area (Å²) in [5.41, 5.74) is 8.16. The minimum absolute atomic E-state index is 0.00566. The zero-order valence-electron chi connectivity index (χ0n) is 11.1. The maximum absolute atomic E-state index is 12.2. The molecule has 1 aromatic carbocycles. The monoisotopic (exact) mass is 257 g/mol. The summed E-state index contributed by atoms with van der Waals surface area (Å²) in [6, 6.07) is 7.54. The molecule has 0 aliphatic heterocycles. The molecule has 0 bridgehead atoms. The van der Waals surface area contributed by atoms with Crippen LogP contribution in [-0.2, 0) is 4.79 Å². The summed E-state index contributed by atoms with van der Waals surface area (Å²) in [6.07, 6.45) is 3.67. The Kier molecular flexibility index (Phi) is 4.18. The minimum Gasteiger partial charge on any atom is -0.328 e. The molecule has 4 heteroatoms. The van der Waals surface area contributed by atoms with Crippen LogP contribution in [0.2, 0.25) is 0 Å². The van der Waals surface area contributed by atoms with E-state index >= 15 is 0 Å². The lowest BCUT2D eigenvalue weighted by Gasteiger charge is -2.25. The Hall–Kier alpha value is -1.86. The molecule has 2 unspecified atom stereocenters. The Morgan fingerprint density at radius 1 is 1.47 bits per heavy atom. The number of aryl methyl sites for hydroxylation is 1. The molecule has 100 valence electrons. The maximum atomic E-state index is 12.2. The lowest BCUT2D eigenvalue weighted by Crippen LogP contribution is -2.34. The van der Waals surface area contributed by atoms with Crippen molar-refractivity contribution in [3.63, 3.8) is 0 Å². The van der Waals surface area contributed by atoms with Gasteiger partial charge in [-0.25, -0.2) is 0 Å². The van der Waals surface area contributed by atoms with Crippen molar-refractivity contribution in [2.75, 3.05) is 5.32 Å². The maximum Gasteiger partial charge on any atom is 0.227 e. The normalized spacial score (nSPS) is 22.6. The predicted molar refractivity (Wildman–Crippen MR) is 74.5 cm³/mol. The van der Waals surface area contributed by atoms with Crippen LogP contribution in [0.1, 0.15) is 36.8 Å². The fourth-order valence-corrected chi connectivity index (χ4v) is 2.53. The van der Waals surface area contributed by atoms with Gasteiger partial charge in [0, 0.05) is 17.6 Å². The van der Waals surface area contributed by atoms with E-state index in [0.717, 1.165) is 36.9 Å². The molecule has 2 atom stereocenters. The standard InChI is InChI=1S/C15H19N3O/c1-10-5-6-11(9-16)7-14(10)18-15(19)12-3-2-4-13(17)8-12/h5-7,12-13H,2-4,8,17H2,1H3,(H,18,19). The summed E-state index contributed by atoms with van der Waals surface area (Å²) < 4.78 is 0. The molecule has 2 rings (SSSR count). The molecule has 1 aromatic rings. The van der Waals surface area contributed by atoms with Crippen molar-refractivity contribution < 1.29 is 4.79 Å². The van der Waals surface area contributed by atoms with Gasteiger partial charge in [0.05, 0.1) is 11.6 Å². The predicted octanol–water partition coefficient (Wildman–Crippen LogP) is 2.32. The van der Waals surface area contributed by atoms with Crippen molar-refractivity contribution in [3.8, 4) is 6.07 Å². The Labute approximate surface area is 113 Å². The van der Waals surface area contributed by atoms with Gasteiger partial charge in [-0.15, -0.1) is 0 Å². The third-order valence-corrected chi connectivity index (χ3v) is 3.71. The van der Waals surface area contributed by atoms with Gasteiger partial charge in [-0.05, 0) is 43.9 Å². The third kappa shape index (κ3) is 3.33. The first-order valence-corrected chi connectivity index (χ1v) is 6.67. The zero-order valence-corrected chi connectivity index (χ0v) is 11.1. The molecule has 0 spiro atoms.